The van der Waals surface area contributed by atoms with Gasteiger partial charge in [-0.15, -0.1) is 0 Å². The van der Waals surface area contributed by atoms with Crippen molar-refractivity contribution < 1.29 is 72.2 Å². The first-order chi connectivity index (χ1) is 44.4. The van der Waals surface area contributed by atoms with Gasteiger partial charge >= 0.3 is 0 Å². The molecular weight excluding hydrogens is 1250 g/mol. The molecule has 0 aromatic heterocycles. The second-order valence-electron chi connectivity index (χ2n) is 25.6. The molecule has 0 fully saturated rings. The Kier molecular flexibility index (Phi) is 42.0. The summed E-state index contributed by atoms with van der Waals surface area (Å²) in [6.07, 6.45) is 2.68. The highest BCUT2D eigenvalue weighted by atomic mass is 32.1. The van der Waals surface area contributed by atoms with Gasteiger partial charge in [-0.05, 0) is 86.5 Å². The van der Waals surface area contributed by atoms with Gasteiger partial charge in [0.15, 0.2) is 5.96 Å². The number of thiol groups is 1. The maximum atomic E-state index is 14.4. The minimum atomic E-state index is -1.59. The predicted molar refractivity (Wildman–Crippen MR) is 360 cm³/mol. The van der Waals surface area contributed by atoms with Gasteiger partial charge in [0.05, 0.1) is 25.7 Å². The average molecular weight is 1370 g/mol. The number of rotatable bonds is 46. The minimum absolute atomic E-state index is 0.0263. The molecule has 0 aliphatic rings. The van der Waals surface area contributed by atoms with Crippen molar-refractivity contribution in [3.63, 3.8) is 0 Å². The lowest BCUT2D eigenvalue weighted by atomic mass is 9.95. The van der Waals surface area contributed by atoms with Gasteiger partial charge in [0.2, 0.25) is 76.8 Å². The van der Waals surface area contributed by atoms with Crippen LogP contribution in [-0.2, 0) is 67.1 Å². The minimum Gasteiger partial charge on any atom is -0.394 e. The van der Waals surface area contributed by atoms with Gasteiger partial charge in [0, 0.05) is 19.2 Å². The van der Waals surface area contributed by atoms with E-state index in [1.54, 1.807) is 96.9 Å². The molecule has 0 saturated heterocycles. The van der Waals surface area contributed by atoms with Crippen LogP contribution in [0.25, 0.3) is 0 Å². The maximum absolute atomic E-state index is 14.4. The van der Waals surface area contributed by atoms with Crippen LogP contribution in [-0.4, -0.2) is 199 Å². The predicted octanol–water partition coefficient (Wildman–Crippen LogP) is -3.36. The van der Waals surface area contributed by atoms with Crippen LogP contribution in [0.4, 0.5) is 0 Å². The number of guanidine groups is 1. The highest BCUT2D eigenvalue weighted by molar-refractivity contribution is 7.80. The van der Waals surface area contributed by atoms with Crippen LogP contribution in [0.15, 0.2) is 4.99 Å². The molecule has 20 N–H and O–H groups in total. The van der Waals surface area contributed by atoms with E-state index in [4.69, 9.17) is 17.2 Å². The molecule has 33 heteroatoms. The number of hydrogen-bond donors (Lipinski definition) is 18. The molecule has 0 spiro atoms. The smallest absolute Gasteiger partial charge is 0.245 e. The van der Waals surface area contributed by atoms with Gasteiger partial charge in [-0.3, -0.25) is 67.3 Å². The fourth-order valence-electron chi connectivity index (χ4n) is 9.43. The van der Waals surface area contributed by atoms with E-state index in [1.165, 1.54) is 6.92 Å². The van der Waals surface area contributed by atoms with Crippen LogP contribution < -0.4 is 86.3 Å². The summed E-state index contributed by atoms with van der Waals surface area (Å²) in [5.74, 6) is -13.6. The fourth-order valence-corrected chi connectivity index (χ4v) is 9.60. The number of nitrogens with one attached hydrogen (secondary N) is 13. The molecular formula is C62H113N17O15S. The number of aldehydes is 1. The number of carbonyl (C=O) groups is 14. The molecule has 0 rings (SSSR count). The Morgan fingerprint density at radius 1 is 0.453 bits per heavy atom. The normalized spacial score (nSPS) is 15.4. The summed E-state index contributed by atoms with van der Waals surface area (Å²) < 4.78 is 0. The van der Waals surface area contributed by atoms with Crippen molar-refractivity contribution in [1.29, 1.82) is 0 Å². The lowest BCUT2D eigenvalue weighted by Gasteiger charge is -2.31. The van der Waals surface area contributed by atoms with Crippen molar-refractivity contribution in [2.24, 2.45) is 63.6 Å². The molecule has 0 aliphatic heterocycles. The van der Waals surface area contributed by atoms with Crippen LogP contribution in [0, 0.1) is 41.4 Å². The molecule has 0 aliphatic carbocycles. The van der Waals surface area contributed by atoms with Crippen molar-refractivity contribution in [3.05, 3.63) is 0 Å². The number of carbonyl (C=O) groups excluding carboxylic acids is 14. The van der Waals surface area contributed by atoms with Gasteiger partial charge in [0.25, 0.3) is 0 Å². The standard InChI is InChI=1S/C62H113N17O15S/c1-16-36(13)50(78-59(92)48(34(9)10)75-54(87)42(25-31(3)4)73-55(88)43(29-81)71-44(83)26-67-52(85)40(69-38(15)82)21-18-19-23-63)60(93)72-41(22-20-24-66-62(64)65)53(86)68-27-45(84)74-46(32(5)6)57(90)79-51(37(14)17-2)61(94)77-49(35(11)12)58(91)76-47(33(7)8)56(89)70-39(28-80)30-95/h28,31-37,39-43,46-51,81,95H,16-27,29-30,63H2,1-15H3,(H,67,85)(H,68,86)(H,69,82)(H,70,89)(H,71,83)(H,72,93)(H,73,88)(H,74,84)(H,75,87)(H,76,91)(H,77,94)(H,78,92)(H,79,90)(H4,64,65,66)/t36-,37-,39-,40-,41+,42-,43-,46-,47-,48-,49-,50-,51-/m1/s1. The van der Waals surface area contributed by atoms with E-state index in [-0.39, 0.29) is 49.9 Å². The van der Waals surface area contributed by atoms with Gasteiger partial charge < -0.3 is 96.2 Å². The first-order valence-corrected chi connectivity index (χ1v) is 33.3. The Morgan fingerprint density at radius 2 is 0.821 bits per heavy atom. The van der Waals surface area contributed by atoms with Crippen molar-refractivity contribution >= 4 is 102 Å². The average Bonchev–Trinajstić information content (AvgIpc) is 0.868. The summed E-state index contributed by atoms with van der Waals surface area (Å²) in [6.45, 7) is 23.1. The highest BCUT2D eigenvalue weighted by Gasteiger charge is 2.39. The number of nitrogens with zero attached hydrogens (tertiary/aromatic N) is 1. The van der Waals surface area contributed by atoms with Gasteiger partial charge in [0.1, 0.15) is 66.7 Å². The second-order valence-corrected chi connectivity index (χ2v) is 26.0. The van der Waals surface area contributed by atoms with Crippen LogP contribution in [0.5, 0.6) is 0 Å². The molecule has 32 nitrogen and oxygen atoms in total. The Bertz CT molecular complexity index is 2570. The zero-order valence-electron chi connectivity index (χ0n) is 58.2. The summed E-state index contributed by atoms with van der Waals surface area (Å²) in [7, 11) is 0. The molecule has 95 heavy (non-hydrogen) atoms. The first kappa shape index (κ1) is 87.3. The summed E-state index contributed by atoms with van der Waals surface area (Å²) in [6, 6.07) is -13.5. The number of aliphatic hydroxyl groups is 1. The Balaban J connectivity index is 6.53. The Labute approximate surface area is 564 Å². The zero-order valence-corrected chi connectivity index (χ0v) is 59.1. The Morgan fingerprint density at radius 3 is 1.21 bits per heavy atom. The first-order valence-electron chi connectivity index (χ1n) is 32.7. The monoisotopic (exact) mass is 1370 g/mol. The van der Waals surface area contributed by atoms with Crippen LogP contribution in [0.2, 0.25) is 0 Å². The molecule has 0 bridgehead atoms. The van der Waals surface area contributed by atoms with E-state index >= 15 is 0 Å². The lowest BCUT2D eigenvalue weighted by Crippen LogP contribution is -2.62. The highest BCUT2D eigenvalue weighted by Crippen LogP contribution is 2.16. The van der Waals surface area contributed by atoms with Crippen molar-refractivity contribution in [1.82, 2.24) is 69.1 Å². The van der Waals surface area contributed by atoms with Crippen LogP contribution >= 0.6 is 12.6 Å². The van der Waals surface area contributed by atoms with E-state index in [2.05, 4.69) is 86.7 Å². The molecule has 0 unspecified atom stereocenters. The number of aliphatic hydroxyl groups excluding tert-OH is 1. The summed E-state index contributed by atoms with van der Waals surface area (Å²) in [4.78, 5) is 192. The number of nitrogens with two attached hydrogens (primary N) is 3. The Hall–Kier alpha value is -7.68. The van der Waals surface area contributed by atoms with E-state index in [0.717, 1.165) is 0 Å². The molecule has 0 saturated carbocycles. The summed E-state index contributed by atoms with van der Waals surface area (Å²) in [5, 5.41) is 43.8. The molecule has 13 atom stereocenters. The number of unbranched alkanes of at least 4 members (excludes halogenated alkanes) is 1. The van der Waals surface area contributed by atoms with Crippen molar-refractivity contribution in [2.75, 3.05) is 38.5 Å². The summed E-state index contributed by atoms with van der Waals surface area (Å²) >= 11 is 4.07. The second kappa shape index (κ2) is 45.7. The van der Waals surface area contributed by atoms with Gasteiger partial charge in [-0.25, -0.2) is 0 Å². The fraction of sp³-hybridized carbons (Fsp3) is 0.758. The summed E-state index contributed by atoms with van der Waals surface area (Å²) in [5.41, 5.74) is 16.6. The largest absolute Gasteiger partial charge is 0.394 e. The zero-order chi connectivity index (χ0) is 73.0. The van der Waals surface area contributed by atoms with E-state index in [1.807, 2.05) is 0 Å². The van der Waals surface area contributed by atoms with Gasteiger partial charge in [-0.1, -0.05) is 110 Å². The third-order valence-corrected chi connectivity index (χ3v) is 15.9. The molecule has 0 aromatic carbocycles. The molecule has 0 aromatic rings. The number of amides is 13. The quantitative estimate of drug-likeness (QED) is 0.00930. The number of aliphatic imine (C=N–C) groups is 1. The van der Waals surface area contributed by atoms with E-state index in [0.29, 0.717) is 38.5 Å². The van der Waals surface area contributed by atoms with Gasteiger partial charge in [-0.2, -0.15) is 12.6 Å². The van der Waals surface area contributed by atoms with Crippen molar-refractivity contribution in [3.8, 4) is 0 Å². The number of hydrogen-bond acceptors (Lipinski definition) is 18. The molecule has 542 valence electrons. The van der Waals surface area contributed by atoms with Crippen molar-refractivity contribution in [2.45, 2.75) is 222 Å². The van der Waals surface area contributed by atoms with Crippen LogP contribution in [0.3, 0.4) is 0 Å². The molecule has 0 heterocycles. The third kappa shape index (κ3) is 33.0. The third-order valence-electron chi connectivity index (χ3n) is 15.5. The SMILES string of the molecule is CC[C@@H](C)[C@@H](NC(=O)[C@H](NC(=O)[C@@H](CC(C)C)NC(=O)[C@@H](CO)NC(=O)CNC(=O)[C@@H](CCCCN)NC(C)=O)C(C)C)C(=O)N[C@@H](CCCN=C(N)N)C(=O)NCC(=O)N[C@@H](C(=O)N[C@@H](C(=O)N[C@@H](C(=O)N[C@@H](C(=O)N[C@H](C=O)CS)C(C)C)C(C)C)[C@H](C)CC)C(C)C. The maximum Gasteiger partial charge on any atom is 0.245 e. The molecule has 0 radical (unpaired) electrons. The molecule has 13 amide bonds. The lowest BCUT2D eigenvalue weighted by molar-refractivity contribution is -0.137. The van der Waals surface area contributed by atoms with E-state index < -0.39 is 198 Å². The van der Waals surface area contributed by atoms with Crippen LogP contribution in [0.1, 0.15) is 155 Å². The topological polar surface area (TPSA) is 506 Å². The van der Waals surface area contributed by atoms with E-state index in [9.17, 15) is 72.2 Å².